The van der Waals surface area contributed by atoms with E-state index in [1.807, 2.05) is 12.1 Å². The van der Waals surface area contributed by atoms with Crippen LogP contribution in [0.1, 0.15) is 18.9 Å². The Morgan fingerprint density at radius 3 is 2.41 bits per heavy atom. The molecule has 0 radical (unpaired) electrons. The Kier molecular flexibility index (Phi) is 5.43. The van der Waals surface area contributed by atoms with Crippen molar-refractivity contribution in [2.45, 2.75) is 17.9 Å². The van der Waals surface area contributed by atoms with Crippen LogP contribution in [-0.2, 0) is 10.0 Å². The number of para-hydroxylation sites is 1. The fourth-order valence-electron chi connectivity index (χ4n) is 2.46. The topological polar surface area (TPSA) is 104 Å². The van der Waals surface area contributed by atoms with Crippen LogP contribution in [0.3, 0.4) is 0 Å². The molecular weight excluding hydrogens is 370 g/mol. The summed E-state index contributed by atoms with van der Waals surface area (Å²) in [5.74, 6) is 1.63. The molecule has 1 N–H and O–H groups in total. The predicted octanol–water partition coefficient (Wildman–Crippen LogP) is 2.79. The molecule has 0 amide bonds. The molecule has 0 saturated heterocycles. The highest BCUT2D eigenvalue weighted by atomic mass is 32.2. The smallest absolute Gasteiger partial charge is 0.244 e. The molecule has 0 fully saturated rings. The number of hydrogen-bond acceptors (Lipinski definition) is 7. The van der Waals surface area contributed by atoms with Crippen molar-refractivity contribution in [3.8, 4) is 22.9 Å². The minimum atomic E-state index is -3.76. The van der Waals surface area contributed by atoms with Gasteiger partial charge in [-0.15, -0.1) is 0 Å². The molecular formula is C18H19N3O5S. The Hall–Kier alpha value is -2.91. The lowest BCUT2D eigenvalue weighted by Crippen LogP contribution is -2.27. The summed E-state index contributed by atoms with van der Waals surface area (Å²) >= 11 is 0. The molecule has 1 atom stereocenters. The number of sulfonamides is 1. The highest BCUT2D eigenvalue weighted by Crippen LogP contribution is 2.28. The van der Waals surface area contributed by atoms with E-state index in [1.165, 1.54) is 19.2 Å². The molecule has 8 nitrogen and oxygen atoms in total. The van der Waals surface area contributed by atoms with Crippen LogP contribution in [0.4, 0.5) is 0 Å². The van der Waals surface area contributed by atoms with Gasteiger partial charge >= 0.3 is 0 Å². The SMILES string of the molecule is COc1ccc(S(=O)(=O)N[C@@H](C)c2nc(-c3ccccc3OC)no2)cc1. The van der Waals surface area contributed by atoms with Crippen LogP contribution in [0.2, 0.25) is 0 Å². The van der Waals surface area contributed by atoms with Crippen LogP contribution in [0.5, 0.6) is 11.5 Å². The number of nitrogens with one attached hydrogen (secondary N) is 1. The number of ether oxygens (including phenoxy) is 2. The standard InChI is InChI=1S/C18H19N3O5S/c1-12(21-27(22,23)14-10-8-13(24-2)9-11-14)18-19-17(20-26-18)15-6-4-5-7-16(15)25-3/h4-12,21H,1-3H3/t12-/m0/s1. The van der Waals surface area contributed by atoms with Crippen LogP contribution >= 0.6 is 0 Å². The maximum Gasteiger partial charge on any atom is 0.244 e. The van der Waals surface area contributed by atoms with Gasteiger partial charge in [0.25, 0.3) is 0 Å². The fourth-order valence-corrected chi connectivity index (χ4v) is 3.65. The minimum absolute atomic E-state index is 0.111. The molecule has 27 heavy (non-hydrogen) atoms. The summed E-state index contributed by atoms with van der Waals surface area (Å²) in [4.78, 5) is 4.40. The zero-order chi connectivity index (χ0) is 19.4. The van der Waals surface area contributed by atoms with Gasteiger partial charge in [-0.3, -0.25) is 0 Å². The third-order valence-electron chi connectivity index (χ3n) is 3.86. The Balaban J connectivity index is 1.80. The van der Waals surface area contributed by atoms with Gasteiger partial charge in [0.1, 0.15) is 11.5 Å². The highest BCUT2D eigenvalue weighted by molar-refractivity contribution is 7.89. The zero-order valence-electron chi connectivity index (χ0n) is 15.0. The summed E-state index contributed by atoms with van der Waals surface area (Å²) in [5.41, 5.74) is 0.653. The molecule has 2 aromatic carbocycles. The number of rotatable bonds is 7. The third kappa shape index (κ3) is 4.09. The van der Waals surface area contributed by atoms with E-state index < -0.39 is 16.1 Å². The first-order valence-electron chi connectivity index (χ1n) is 8.08. The van der Waals surface area contributed by atoms with Crippen molar-refractivity contribution in [3.05, 3.63) is 54.4 Å². The molecule has 0 spiro atoms. The van der Waals surface area contributed by atoms with Gasteiger partial charge in [0, 0.05) is 0 Å². The van der Waals surface area contributed by atoms with Gasteiger partial charge in [-0.1, -0.05) is 17.3 Å². The summed E-state index contributed by atoms with van der Waals surface area (Å²) in [5, 5.41) is 3.92. The van der Waals surface area contributed by atoms with E-state index in [4.69, 9.17) is 14.0 Å². The van der Waals surface area contributed by atoms with E-state index in [0.29, 0.717) is 22.9 Å². The molecule has 0 unspecified atom stereocenters. The second kappa shape index (κ2) is 7.77. The minimum Gasteiger partial charge on any atom is -0.497 e. The molecule has 0 aliphatic heterocycles. The van der Waals surface area contributed by atoms with E-state index in [1.54, 1.807) is 38.3 Å². The molecule has 3 aromatic rings. The zero-order valence-corrected chi connectivity index (χ0v) is 15.9. The van der Waals surface area contributed by atoms with Crippen molar-refractivity contribution < 1.29 is 22.4 Å². The normalized spacial score (nSPS) is 12.6. The van der Waals surface area contributed by atoms with Crippen molar-refractivity contribution in [1.29, 1.82) is 0 Å². The second-order valence-corrected chi connectivity index (χ2v) is 7.39. The molecule has 0 saturated carbocycles. The van der Waals surface area contributed by atoms with E-state index in [2.05, 4.69) is 14.9 Å². The summed E-state index contributed by atoms with van der Waals surface area (Å²) in [6, 6.07) is 12.6. The van der Waals surface area contributed by atoms with Gasteiger partial charge in [-0.2, -0.15) is 9.71 Å². The lowest BCUT2D eigenvalue weighted by Gasteiger charge is -2.11. The van der Waals surface area contributed by atoms with Crippen LogP contribution in [0, 0.1) is 0 Å². The van der Waals surface area contributed by atoms with Crippen LogP contribution in [0.25, 0.3) is 11.4 Å². The number of aromatic nitrogens is 2. The van der Waals surface area contributed by atoms with Crippen LogP contribution in [-0.4, -0.2) is 32.8 Å². The number of hydrogen-bond donors (Lipinski definition) is 1. The third-order valence-corrected chi connectivity index (χ3v) is 5.42. The van der Waals surface area contributed by atoms with Gasteiger partial charge in [0.05, 0.1) is 30.7 Å². The van der Waals surface area contributed by atoms with E-state index in [0.717, 1.165) is 0 Å². The quantitative estimate of drug-likeness (QED) is 0.662. The number of nitrogens with zero attached hydrogens (tertiary/aromatic N) is 2. The second-order valence-electron chi connectivity index (χ2n) is 5.68. The van der Waals surface area contributed by atoms with E-state index in [9.17, 15) is 8.42 Å². The summed E-state index contributed by atoms with van der Waals surface area (Å²) in [6.07, 6.45) is 0. The van der Waals surface area contributed by atoms with Crippen molar-refractivity contribution in [3.63, 3.8) is 0 Å². The maximum absolute atomic E-state index is 12.5. The molecule has 0 bridgehead atoms. The summed E-state index contributed by atoms with van der Waals surface area (Å²) in [7, 11) is -0.699. The van der Waals surface area contributed by atoms with E-state index >= 15 is 0 Å². The van der Waals surface area contributed by atoms with Gasteiger partial charge in [-0.25, -0.2) is 8.42 Å². The Morgan fingerprint density at radius 2 is 1.74 bits per heavy atom. The average molecular weight is 389 g/mol. The van der Waals surface area contributed by atoms with Gasteiger partial charge < -0.3 is 14.0 Å². The molecule has 0 aliphatic carbocycles. The molecule has 9 heteroatoms. The molecule has 3 rings (SSSR count). The van der Waals surface area contributed by atoms with Crippen molar-refractivity contribution >= 4 is 10.0 Å². The molecule has 1 heterocycles. The average Bonchev–Trinajstić information content (AvgIpc) is 3.18. The maximum atomic E-state index is 12.5. The molecule has 1 aromatic heterocycles. The van der Waals surface area contributed by atoms with Gasteiger partial charge in [-0.05, 0) is 43.3 Å². The van der Waals surface area contributed by atoms with Crippen LogP contribution in [0.15, 0.2) is 57.9 Å². The Morgan fingerprint density at radius 1 is 1.04 bits per heavy atom. The number of methoxy groups -OCH3 is 2. The number of benzene rings is 2. The van der Waals surface area contributed by atoms with Gasteiger partial charge in [0.2, 0.25) is 21.7 Å². The van der Waals surface area contributed by atoms with Crippen LogP contribution < -0.4 is 14.2 Å². The summed E-state index contributed by atoms with van der Waals surface area (Å²) < 4.78 is 43.1. The van der Waals surface area contributed by atoms with Crippen molar-refractivity contribution in [1.82, 2.24) is 14.9 Å². The summed E-state index contributed by atoms with van der Waals surface area (Å²) in [6.45, 7) is 1.63. The first-order chi connectivity index (χ1) is 12.9. The molecule has 0 aliphatic rings. The largest absolute Gasteiger partial charge is 0.497 e. The van der Waals surface area contributed by atoms with Crippen molar-refractivity contribution in [2.75, 3.05) is 14.2 Å². The first kappa shape index (κ1) is 18.9. The molecule has 142 valence electrons. The fraction of sp³-hybridized carbons (Fsp3) is 0.222. The van der Waals surface area contributed by atoms with E-state index in [-0.39, 0.29) is 10.8 Å². The lowest BCUT2D eigenvalue weighted by atomic mass is 10.2. The monoisotopic (exact) mass is 389 g/mol. The first-order valence-corrected chi connectivity index (χ1v) is 9.56. The lowest BCUT2D eigenvalue weighted by molar-refractivity contribution is 0.353. The van der Waals surface area contributed by atoms with Crippen molar-refractivity contribution in [2.24, 2.45) is 0 Å². The van der Waals surface area contributed by atoms with Gasteiger partial charge in [0.15, 0.2) is 0 Å². The highest BCUT2D eigenvalue weighted by Gasteiger charge is 2.23. The Labute approximate surface area is 157 Å². The Bertz CT molecular complexity index is 1020. The predicted molar refractivity (Wildman–Crippen MR) is 98.0 cm³/mol.